The summed E-state index contributed by atoms with van der Waals surface area (Å²) in [6.07, 6.45) is 0. The number of fused-ring (bicyclic) bond motifs is 1. The van der Waals surface area contributed by atoms with Crippen LogP contribution in [0.2, 0.25) is 5.02 Å². The summed E-state index contributed by atoms with van der Waals surface area (Å²) in [5, 5.41) is 7.58. The van der Waals surface area contributed by atoms with E-state index in [0.29, 0.717) is 13.1 Å². The fourth-order valence-corrected chi connectivity index (χ4v) is 3.91. The molecule has 0 spiro atoms. The van der Waals surface area contributed by atoms with Crippen LogP contribution in [0.1, 0.15) is 17.2 Å². The molecule has 2 aromatic carbocycles. The molecule has 7 nitrogen and oxygen atoms in total. The third-order valence-corrected chi connectivity index (χ3v) is 5.54. The smallest absolute Gasteiger partial charge is 0.231 e. The van der Waals surface area contributed by atoms with E-state index in [2.05, 4.69) is 26.6 Å². The summed E-state index contributed by atoms with van der Waals surface area (Å²) in [7, 11) is 1.78. The lowest BCUT2D eigenvalue weighted by molar-refractivity contribution is 0.0170. The molecule has 4 rings (SSSR count). The summed E-state index contributed by atoms with van der Waals surface area (Å²) >= 11 is 6.26. The number of morpholine rings is 1. The standard InChI is InChI=1S/C22H27ClN4O3.HI/c1-24-22(25-13-16-5-6-20-21(11-16)30-15-29-20)26-14-19(27-7-9-28-10-8-27)17-3-2-4-18(23)12-17;/h2-6,11-12,19H,7-10,13-15H2,1H3,(H2,24,25,26);1H. The van der Waals surface area contributed by atoms with Gasteiger partial charge in [-0.2, -0.15) is 0 Å². The van der Waals surface area contributed by atoms with Gasteiger partial charge < -0.3 is 24.8 Å². The monoisotopic (exact) mass is 558 g/mol. The number of ether oxygens (including phenoxy) is 3. The number of guanidine groups is 1. The van der Waals surface area contributed by atoms with Crippen LogP contribution in [0.25, 0.3) is 0 Å². The summed E-state index contributed by atoms with van der Waals surface area (Å²) in [4.78, 5) is 6.80. The van der Waals surface area contributed by atoms with Crippen LogP contribution in [0.3, 0.4) is 0 Å². The van der Waals surface area contributed by atoms with Gasteiger partial charge in [-0.3, -0.25) is 9.89 Å². The Kier molecular flexibility index (Phi) is 9.06. The summed E-state index contributed by atoms with van der Waals surface area (Å²) in [6.45, 7) is 4.89. The van der Waals surface area contributed by atoms with Gasteiger partial charge in [0.15, 0.2) is 17.5 Å². The topological polar surface area (TPSA) is 67.4 Å². The highest BCUT2D eigenvalue weighted by molar-refractivity contribution is 14.0. The Morgan fingerprint density at radius 3 is 2.68 bits per heavy atom. The first-order valence-electron chi connectivity index (χ1n) is 10.1. The number of nitrogens with zero attached hydrogens (tertiary/aromatic N) is 2. The molecule has 1 fully saturated rings. The lowest BCUT2D eigenvalue weighted by Crippen LogP contribution is -2.46. The molecular formula is C22H28ClIN4O3. The first kappa shape index (κ1) is 23.9. The quantitative estimate of drug-likeness (QED) is 0.322. The molecular weight excluding hydrogens is 531 g/mol. The van der Waals surface area contributed by atoms with Crippen LogP contribution < -0.4 is 20.1 Å². The van der Waals surface area contributed by atoms with E-state index in [9.17, 15) is 0 Å². The van der Waals surface area contributed by atoms with E-state index in [1.807, 2.05) is 36.4 Å². The minimum atomic E-state index is 0. The number of halogens is 2. The minimum absolute atomic E-state index is 0. The zero-order valence-corrected chi connectivity index (χ0v) is 20.6. The van der Waals surface area contributed by atoms with E-state index >= 15 is 0 Å². The van der Waals surface area contributed by atoms with Crippen LogP contribution in [0, 0.1) is 0 Å². The van der Waals surface area contributed by atoms with Gasteiger partial charge in [-0.25, -0.2) is 0 Å². The normalized spacial score (nSPS) is 17.0. The molecule has 1 saturated heterocycles. The van der Waals surface area contributed by atoms with Crippen LogP contribution in [0.5, 0.6) is 11.5 Å². The van der Waals surface area contributed by atoms with Crippen molar-refractivity contribution in [1.29, 1.82) is 0 Å². The van der Waals surface area contributed by atoms with E-state index in [1.54, 1.807) is 7.05 Å². The number of hydrogen-bond acceptors (Lipinski definition) is 5. The largest absolute Gasteiger partial charge is 0.454 e. The lowest BCUT2D eigenvalue weighted by atomic mass is 10.0. The molecule has 31 heavy (non-hydrogen) atoms. The molecule has 1 unspecified atom stereocenters. The molecule has 1 atom stereocenters. The van der Waals surface area contributed by atoms with Crippen molar-refractivity contribution < 1.29 is 14.2 Å². The molecule has 2 N–H and O–H groups in total. The Balaban J connectivity index is 0.00000272. The summed E-state index contributed by atoms with van der Waals surface area (Å²) in [6, 6.07) is 14.2. The van der Waals surface area contributed by atoms with Crippen molar-refractivity contribution in [2.75, 3.05) is 46.7 Å². The molecule has 168 valence electrons. The van der Waals surface area contributed by atoms with E-state index in [0.717, 1.165) is 54.3 Å². The van der Waals surface area contributed by atoms with Gasteiger partial charge in [0.1, 0.15) is 0 Å². The van der Waals surface area contributed by atoms with Crippen LogP contribution in [-0.2, 0) is 11.3 Å². The third kappa shape index (κ3) is 6.38. The Morgan fingerprint density at radius 2 is 1.90 bits per heavy atom. The first-order valence-corrected chi connectivity index (χ1v) is 10.5. The molecule has 0 radical (unpaired) electrons. The highest BCUT2D eigenvalue weighted by Crippen LogP contribution is 2.32. The summed E-state index contributed by atoms with van der Waals surface area (Å²) < 4.78 is 16.4. The van der Waals surface area contributed by atoms with Gasteiger partial charge in [-0.15, -0.1) is 24.0 Å². The fraction of sp³-hybridized carbons (Fsp3) is 0.409. The Morgan fingerprint density at radius 1 is 1.10 bits per heavy atom. The predicted octanol–water partition coefficient (Wildman–Crippen LogP) is 3.43. The highest BCUT2D eigenvalue weighted by Gasteiger charge is 2.23. The third-order valence-electron chi connectivity index (χ3n) is 5.30. The number of hydrogen-bond donors (Lipinski definition) is 2. The van der Waals surface area contributed by atoms with Gasteiger partial charge in [0.25, 0.3) is 0 Å². The van der Waals surface area contributed by atoms with E-state index in [1.165, 1.54) is 5.56 Å². The second-order valence-electron chi connectivity index (χ2n) is 7.21. The highest BCUT2D eigenvalue weighted by atomic mass is 127. The predicted molar refractivity (Wildman–Crippen MR) is 133 cm³/mol. The molecule has 2 aliphatic rings. The van der Waals surface area contributed by atoms with Crippen molar-refractivity contribution in [2.45, 2.75) is 12.6 Å². The van der Waals surface area contributed by atoms with Crippen molar-refractivity contribution in [2.24, 2.45) is 4.99 Å². The molecule has 2 aromatic rings. The van der Waals surface area contributed by atoms with E-state index < -0.39 is 0 Å². The molecule has 0 aliphatic carbocycles. The molecule has 2 heterocycles. The van der Waals surface area contributed by atoms with Crippen molar-refractivity contribution in [3.8, 4) is 11.5 Å². The minimum Gasteiger partial charge on any atom is -0.454 e. The maximum Gasteiger partial charge on any atom is 0.231 e. The van der Waals surface area contributed by atoms with Crippen molar-refractivity contribution in [3.63, 3.8) is 0 Å². The maximum absolute atomic E-state index is 6.26. The molecule has 0 aromatic heterocycles. The van der Waals surface area contributed by atoms with Gasteiger partial charge in [0.05, 0.1) is 19.3 Å². The van der Waals surface area contributed by atoms with Crippen molar-refractivity contribution >= 4 is 41.5 Å². The zero-order valence-electron chi connectivity index (χ0n) is 17.5. The second kappa shape index (κ2) is 11.8. The van der Waals surface area contributed by atoms with Gasteiger partial charge in [-0.1, -0.05) is 29.8 Å². The number of benzene rings is 2. The number of rotatable bonds is 6. The zero-order chi connectivity index (χ0) is 20.8. The molecule has 0 amide bonds. The Labute approximate surface area is 205 Å². The van der Waals surface area contributed by atoms with Crippen molar-refractivity contribution in [1.82, 2.24) is 15.5 Å². The average molecular weight is 559 g/mol. The molecule has 2 aliphatic heterocycles. The molecule has 0 saturated carbocycles. The van der Waals surface area contributed by atoms with Crippen molar-refractivity contribution in [3.05, 3.63) is 58.6 Å². The van der Waals surface area contributed by atoms with Gasteiger partial charge in [0, 0.05) is 38.2 Å². The van der Waals surface area contributed by atoms with E-state index in [4.69, 9.17) is 25.8 Å². The Hall–Kier alpha value is -1.75. The number of aliphatic imine (C=N–C) groups is 1. The maximum atomic E-state index is 6.26. The van der Waals surface area contributed by atoms with Crippen LogP contribution in [-0.4, -0.2) is 57.5 Å². The summed E-state index contributed by atoms with van der Waals surface area (Å²) in [5.41, 5.74) is 2.28. The number of nitrogens with one attached hydrogen (secondary N) is 2. The Bertz CT molecular complexity index is 893. The molecule has 9 heteroatoms. The second-order valence-corrected chi connectivity index (χ2v) is 7.65. The van der Waals surface area contributed by atoms with Crippen LogP contribution >= 0.6 is 35.6 Å². The lowest BCUT2D eigenvalue weighted by Gasteiger charge is -2.35. The average Bonchev–Trinajstić information content (AvgIpc) is 3.25. The fourth-order valence-electron chi connectivity index (χ4n) is 3.71. The van der Waals surface area contributed by atoms with Crippen LogP contribution in [0.4, 0.5) is 0 Å². The molecule has 0 bridgehead atoms. The van der Waals surface area contributed by atoms with Gasteiger partial charge in [-0.05, 0) is 35.4 Å². The van der Waals surface area contributed by atoms with E-state index in [-0.39, 0.29) is 36.8 Å². The van der Waals surface area contributed by atoms with Gasteiger partial charge in [0.2, 0.25) is 6.79 Å². The summed E-state index contributed by atoms with van der Waals surface area (Å²) in [5.74, 6) is 2.31. The first-order chi connectivity index (χ1) is 14.7. The van der Waals surface area contributed by atoms with Gasteiger partial charge >= 0.3 is 0 Å². The van der Waals surface area contributed by atoms with Crippen LogP contribution in [0.15, 0.2) is 47.5 Å². The SMILES string of the molecule is CN=C(NCc1ccc2c(c1)OCO2)NCC(c1cccc(Cl)c1)N1CCOCC1.I.